The lowest BCUT2D eigenvalue weighted by Crippen LogP contribution is -2.43. The Morgan fingerprint density at radius 2 is 1.88 bits per heavy atom. The van der Waals surface area contributed by atoms with Crippen LogP contribution in [0.25, 0.3) is 0 Å². The minimum atomic E-state index is -3.81. The summed E-state index contributed by atoms with van der Waals surface area (Å²) in [6.07, 6.45) is 0.341. The van der Waals surface area contributed by atoms with E-state index in [4.69, 9.17) is 4.52 Å². The predicted octanol–water partition coefficient (Wildman–Crippen LogP) is 4.31. The predicted molar refractivity (Wildman–Crippen MR) is 106 cm³/mol. The molecule has 0 saturated heterocycles. The fourth-order valence-electron chi connectivity index (χ4n) is 2.27. The van der Waals surface area contributed by atoms with Crippen LogP contribution in [0.5, 0.6) is 0 Å². The van der Waals surface area contributed by atoms with Gasteiger partial charge in [-0.05, 0) is 44.5 Å². The van der Waals surface area contributed by atoms with E-state index in [-0.39, 0.29) is 18.4 Å². The van der Waals surface area contributed by atoms with Gasteiger partial charge in [-0.1, -0.05) is 29.3 Å². The standard InChI is InChI=1S/C17H26BrN2O5P/c1-4-5-15(16(21)10-11-26(23,24)25-12(2)3)20-17(22)19-14-8-6-13(18)7-9-14/h6-9,12,15H,4-5,10-11H2,1-3H3,(H,23,24)(H2,19,20,22). The zero-order valence-corrected chi connectivity index (χ0v) is 17.7. The van der Waals surface area contributed by atoms with Crippen molar-refractivity contribution in [1.82, 2.24) is 5.32 Å². The molecular formula is C17H26BrN2O5P. The minimum Gasteiger partial charge on any atom is -0.328 e. The highest BCUT2D eigenvalue weighted by atomic mass is 79.9. The zero-order valence-electron chi connectivity index (χ0n) is 15.2. The molecule has 0 aliphatic rings. The maximum Gasteiger partial charge on any atom is 0.328 e. The van der Waals surface area contributed by atoms with Crippen molar-refractivity contribution in [3.8, 4) is 0 Å². The summed E-state index contributed by atoms with van der Waals surface area (Å²) < 4.78 is 17.7. The Kier molecular flexibility index (Phi) is 9.50. The molecule has 0 aliphatic carbocycles. The Hall–Kier alpha value is -1.21. The van der Waals surface area contributed by atoms with Gasteiger partial charge in [0.05, 0.1) is 18.3 Å². The fourth-order valence-corrected chi connectivity index (χ4v) is 3.80. The SMILES string of the molecule is CCCC(NC(=O)Nc1ccc(Br)cc1)C(=O)CCP(=O)(O)OC(C)C. The fraction of sp³-hybridized carbons (Fsp3) is 0.529. The van der Waals surface area contributed by atoms with Gasteiger partial charge in [0, 0.05) is 16.6 Å². The van der Waals surface area contributed by atoms with Crippen LogP contribution in [0, 0.1) is 0 Å². The van der Waals surface area contributed by atoms with E-state index in [1.165, 1.54) is 0 Å². The molecule has 2 atom stereocenters. The first-order valence-corrected chi connectivity index (χ1v) is 11.0. The van der Waals surface area contributed by atoms with E-state index in [1.807, 2.05) is 6.92 Å². The first kappa shape index (κ1) is 22.8. The number of anilines is 1. The number of hydrogen-bond acceptors (Lipinski definition) is 4. The van der Waals surface area contributed by atoms with Gasteiger partial charge in [-0.15, -0.1) is 0 Å². The Morgan fingerprint density at radius 3 is 2.42 bits per heavy atom. The average molecular weight is 449 g/mol. The van der Waals surface area contributed by atoms with E-state index in [0.29, 0.717) is 18.5 Å². The molecule has 1 rings (SSSR count). The summed E-state index contributed by atoms with van der Waals surface area (Å²) in [6.45, 7) is 5.20. The van der Waals surface area contributed by atoms with E-state index < -0.39 is 25.8 Å². The Bertz CT molecular complexity index is 651. The second kappa shape index (κ2) is 10.8. The quantitative estimate of drug-likeness (QED) is 0.462. The van der Waals surface area contributed by atoms with Crippen LogP contribution < -0.4 is 10.6 Å². The van der Waals surface area contributed by atoms with Gasteiger partial charge in [-0.2, -0.15) is 0 Å². The summed E-state index contributed by atoms with van der Waals surface area (Å²) in [5.41, 5.74) is 0.596. The number of Topliss-reactive ketones (excluding diaryl/α,β-unsaturated/α-hetero) is 1. The second-order valence-corrected chi connectivity index (χ2v) is 9.03. The van der Waals surface area contributed by atoms with Crippen molar-refractivity contribution in [2.24, 2.45) is 0 Å². The molecular weight excluding hydrogens is 423 g/mol. The number of nitrogens with one attached hydrogen (secondary N) is 2. The molecule has 0 radical (unpaired) electrons. The van der Waals surface area contributed by atoms with Crippen molar-refractivity contribution >= 4 is 41.0 Å². The molecule has 2 unspecified atom stereocenters. The average Bonchev–Trinajstić information content (AvgIpc) is 2.53. The number of amides is 2. The van der Waals surface area contributed by atoms with Gasteiger partial charge >= 0.3 is 13.6 Å². The van der Waals surface area contributed by atoms with E-state index >= 15 is 0 Å². The third-order valence-corrected chi connectivity index (χ3v) is 5.46. The third-order valence-electron chi connectivity index (χ3n) is 3.39. The number of halogens is 1. The highest BCUT2D eigenvalue weighted by molar-refractivity contribution is 9.10. The number of hydrogen-bond donors (Lipinski definition) is 3. The van der Waals surface area contributed by atoms with Crippen LogP contribution in [0.1, 0.15) is 40.0 Å². The van der Waals surface area contributed by atoms with Crippen LogP contribution in [-0.4, -0.2) is 35.0 Å². The molecule has 2 amide bonds. The van der Waals surface area contributed by atoms with Gasteiger partial charge in [-0.25, -0.2) is 4.79 Å². The molecule has 0 spiro atoms. The molecule has 0 saturated carbocycles. The van der Waals surface area contributed by atoms with E-state index in [1.54, 1.807) is 38.1 Å². The van der Waals surface area contributed by atoms with Crippen molar-refractivity contribution in [2.45, 2.75) is 52.2 Å². The van der Waals surface area contributed by atoms with Crippen molar-refractivity contribution in [2.75, 3.05) is 11.5 Å². The van der Waals surface area contributed by atoms with Crippen LogP contribution in [0.3, 0.4) is 0 Å². The number of ketones is 1. The molecule has 0 aliphatic heterocycles. The summed E-state index contributed by atoms with van der Waals surface area (Å²) in [7, 11) is -3.81. The maximum atomic E-state index is 12.4. The molecule has 0 bridgehead atoms. The zero-order chi connectivity index (χ0) is 19.7. The molecule has 3 N–H and O–H groups in total. The Labute approximate surface area is 162 Å². The molecule has 26 heavy (non-hydrogen) atoms. The van der Waals surface area contributed by atoms with Gasteiger partial charge in [0.1, 0.15) is 0 Å². The molecule has 0 fully saturated rings. The smallest absolute Gasteiger partial charge is 0.328 e. The molecule has 1 aromatic rings. The van der Waals surface area contributed by atoms with E-state index in [0.717, 1.165) is 4.47 Å². The van der Waals surface area contributed by atoms with Crippen LogP contribution in [0.2, 0.25) is 0 Å². The number of carbonyl (C=O) groups is 2. The lowest BCUT2D eigenvalue weighted by Gasteiger charge is -2.19. The largest absolute Gasteiger partial charge is 0.328 e. The molecule has 7 nitrogen and oxygen atoms in total. The highest BCUT2D eigenvalue weighted by Crippen LogP contribution is 2.43. The third kappa shape index (κ3) is 8.94. The Balaban J connectivity index is 2.60. The lowest BCUT2D eigenvalue weighted by atomic mass is 10.1. The van der Waals surface area contributed by atoms with Gasteiger partial charge in [-0.3, -0.25) is 9.36 Å². The number of carbonyl (C=O) groups excluding carboxylic acids is 2. The summed E-state index contributed by atoms with van der Waals surface area (Å²) in [4.78, 5) is 34.2. The summed E-state index contributed by atoms with van der Waals surface area (Å²) in [6, 6.07) is 5.83. The van der Waals surface area contributed by atoms with Crippen LogP contribution in [-0.2, 0) is 13.9 Å². The topological polar surface area (TPSA) is 105 Å². The van der Waals surface area contributed by atoms with Crippen molar-refractivity contribution in [3.05, 3.63) is 28.7 Å². The summed E-state index contributed by atoms with van der Waals surface area (Å²) in [5, 5.41) is 5.29. The van der Waals surface area contributed by atoms with Gasteiger partial charge in [0.25, 0.3) is 0 Å². The molecule has 146 valence electrons. The monoisotopic (exact) mass is 448 g/mol. The molecule has 9 heteroatoms. The van der Waals surface area contributed by atoms with Gasteiger partial charge in [0.15, 0.2) is 5.78 Å². The number of rotatable bonds is 10. The Morgan fingerprint density at radius 1 is 1.27 bits per heavy atom. The first-order valence-electron chi connectivity index (χ1n) is 8.49. The lowest BCUT2D eigenvalue weighted by molar-refractivity contribution is -0.120. The van der Waals surface area contributed by atoms with Gasteiger partial charge in [0.2, 0.25) is 0 Å². The van der Waals surface area contributed by atoms with Crippen LogP contribution in [0.4, 0.5) is 10.5 Å². The first-order chi connectivity index (χ1) is 12.1. The molecule has 0 aromatic heterocycles. The summed E-state index contributed by atoms with van der Waals surface area (Å²) in [5.74, 6) is -0.292. The van der Waals surface area contributed by atoms with Crippen molar-refractivity contribution < 1.29 is 23.6 Å². The minimum absolute atomic E-state index is 0.135. The maximum absolute atomic E-state index is 12.4. The molecule has 1 aromatic carbocycles. The van der Waals surface area contributed by atoms with Crippen LogP contribution in [0.15, 0.2) is 28.7 Å². The normalized spacial score (nSPS) is 14.5. The van der Waals surface area contributed by atoms with Gasteiger partial charge < -0.3 is 20.1 Å². The number of urea groups is 1. The van der Waals surface area contributed by atoms with Crippen LogP contribution >= 0.6 is 23.5 Å². The number of benzene rings is 1. The van der Waals surface area contributed by atoms with Crippen molar-refractivity contribution in [1.29, 1.82) is 0 Å². The van der Waals surface area contributed by atoms with Crippen molar-refractivity contribution in [3.63, 3.8) is 0 Å². The molecule has 0 heterocycles. The summed E-state index contributed by atoms with van der Waals surface area (Å²) >= 11 is 3.31. The van der Waals surface area contributed by atoms with E-state index in [9.17, 15) is 19.0 Å². The highest BCUT2D eigenvalue weighted by Gasteiger charge is 2.26. The second-order valence-electron chi connectivity index (χ2n) is 6.18. The van der Waals surface area contributed by atoms with E-state index in [2.05, 4.69) is 26.6 Å².